The highest BCUT2D eigenvalue weighted by atomic mass is 32.2. The first-order valence-corrected chi connectivity index (χ1v) is 7.07. The number of nitrogens with zero attached hydrogens (tertiary/aromatic N) is 2. The summed E-state index contributed by atoms with van der Waals surface area (Å²) < 4.78 is 26.1. The largest absolute Gasteiger partial charge is 0.305 e. The maximum absolute atomic E-state index is 12.4. The molecule has 0 unspecified atom stereocenters. The minimum atomic E-state index is -3.48. The second kappa shape index (κ2) is 4.96. The molecule has 0 saturated heterocycles. The van der Waals surface area contributed by atoms with Gasteiger partial charge in [0.15, 0.2) is 0 Å². The van der Waals surface area contributed by atoms with Crippen LogP contribution in [-0.4, -0.2) is 31.4 Å². The first-order chi connectivity index (χ1) is 8.51. The lowest BCUT2D eigenvalue weighted by Crippen LogP contribution is -2.17. The average molecular weight is 264 g/mol. The van der Waals surface area contributed by atoms with E-state index in [1.54, 1.807) is 36.7 Å². The fraction of sp³-hybridized carbons (Fsp3) is 0.231. The molecule has 0 bridgehead atoms. The van der Waals surface area contributed by atoms with Gasteiger partial charge in [-0.3, -0.25) is 0 Å². The van der Waals surface area contributed by atoms with Crippen LogP contribution in [0.1, 0.15) is 5.56 Å². The summed E-state index contributed by atoms with van der Waals surface area (Å²) in [6.07, 6.45) is 3.09. The summed E-state index contributed by atoms with van der Waals surface area (Å²) in [7, 11) is 0.350. The van der Waals surface area contributed by atoms with Crippen LogP contribution in [0.3, 0.4) is 0 Å². The van der Waals surface area contributed by atoms with Crippen molar-refractivity contribution in [3.8, 4) is 0 Å². The highest BCUT2D eigenvalue weighted by Gasteiger charge is 2.19. The van der Waals surface area contributed by atoms with Crippen molar-refractivity contribution >= 4 is 10.0 Å². The van der Waals surface area contributed by atoms with Crippen LogP contribution in [0.15, 0.2) is 53.7 Å². The van der Waals surface area contributed by atoms with Gasteiger partial charge in [0, 0.05) is 18.9 Å². The van der Waals surface area contributed by atoms with Gasteiger partial charge in [-0.25, -0.2) is 12.4 Å². The lowest BCUT2D eigenvalue weighted by atomic mass is 10.2. The zero-order valence-corrected chi connectivity index (χ0v) is 11.3. The first-order valence-electron chi connectivity index (χ1n) is 5.63. The smallest absolute Gasteiger partial charge is 0.267 e. The third-order valence-electron chi connectivity index (χ3n) is 2.59. The summed E-state index contributed by atoms with van der Waals surface area (Å²) in [4.78, 5) is 2.30. The number of hydrogen-bond donors (Lipinski definition) is 0. The van der Waals surface area contributed by atoms with Gasteiger partial charge in [-0.15, -0.1) is 0 Å². The molecular weight excluding hydrogens is 248 g/mol. The van der Waals surface area contributed by atoms with Crippen molar-refractivity contribution in [3.63, 3.8) is 0 Å². The predicted octanol–water partition coefficient (Wildman–Crippen LogP) is 1.79. The van der Waals surface area contributed by atoms with E-state index < -0.39 is 10.0 Å². The van der Waals surface area contributed by atoms with E-state index in [1.165, 1.54) is 3.97 Å². The fourth-order valence-corrected chi connectivity index (χ4v) is 3.22. The summed E-state index contributed by atoms with van der Waals surface area (Å²) in [5, 5.41) is 0. The standard InChI is InChI=1S/C13H16N2O2S/c1-14(2)11-12-7-3-4-8-13(12)18(16,17)15-9-5-6-10-15/h3-10H,11H2,1-2H3. The molecule has 96 valence electrons. The van der Waals surface area contributed by atoms with E-state index in [2.05, 4.69) is 0 Å². The van der Waals surface area contributed by atoms with Crippen molar-refractivity contribution in [1.29, 1.82) is 0 Å². The summed E-state index contributed by atoms with van der Waals surface area (Å²) >= 11 is 0. The highest BCUT2D eigenvalue weighted by Crippen LogP contribution is 2.19. The number of hydrogen-bond acceptors (Lipinski definition) is 3. The lowest BCUT2D eigenvalue weighted by molar-refractivity contribution is 0.398. The van der Waals surface area contributed by atoms with Crippen LogP contribution >= 0.6 is 0 Å². The molecule has 0 saturated carbocycles. The van der Waals surface area contributed by atoms with Gasteiger partial charge in [0.1, 0.15) is 0 Å². The molecule has 1 heterocycles. The van der Waals surface area contributed by atoms with Crippen LogP contribution in [0, 0.1) is 0 Å². The first kappa shape index (κ1) is 12.9. The molecule has 4 nitrogen and oxygen atoms in total. The zero-order chi connectivity index (χ0) is 13.2. The number of benzene rings is 1. The zero-order valence-electron chi connectivity index (χ0n) is 10.4. The molecule has 2 rings (SSSR count). The molecule has 0 atom stereocenters. The Bertz CT molecular complexity index is 616. The van der Waals surface area contributed by atoms with Crippen molar-refractivity contribution in [2.24, 2.45) is 0 Å². The van der Waals surface area contributed by atoms with Crippen LogP contribution in [0.4, 0.5) is 0 Å². The van der Waals surface area contributed by atoms with Crippen LogP contribution in [0.2, 0.25) is 0 Å². The maximum Gasteiger partial charge on any atom is 0.267 e. The SMILES string of the molecule is CN(C)Cc1ccccc1S(=O)(=O)n1cccc1. The van der Waals surface area contributed by atoms with Crippen molar-refractivity contribution in [2.45, 2.75) is 11.4 Å². The van der Waals surface area contributed by atoms with Crippen LogP contribution in [-0.2, 0) is 16.6 Å². The number of aromatic nitrogens is 1. The normalized spacial score (nSPS) is 11.9. The minimum absolute atomic E-state index is 0.356. The molecule has 0 aliphatic rings. The topological polar surface area (TPSA) is 42.3 Å². The minimum Gasteiger partial charge on any atom is -0.305 e. The third-order valence-corrected chi connectivity index (χ3v) is 4.34. The Balaban J connectivity index is 2.51. The third kappa shape index (κ3) is 2.47. The van der Waals surface area contributed by atoms with E-state index in [-0.39, 0.29) is 0 Å². The van der Waals surface area contributed by atoms with E-state index in [4.69, 9.17) is 0 Å². The van der Waals surface area contributed by atoms with Gasteiger partial charge < -0.3 is 4.90 Å². The van der Waals surface area contributed by atoms with Gasteiger partial charge >= 0.3 is 0 Å². The van der Waals surface area contributed by atoms with E-state index in [0.717, 1.165) is 5.56 Å². The molecule has 5 heteroatoms. The quantitative estimate of drug-likeness (QED) is 0.845. The highest BCUT2D eigenvalue weighted by molar-refractivity contribution is 7.90. The molecule has 2 aromatic rings. The Morgan fingerprint density at radius 2 is 1.67 bits per heavy atom. The predicted molar refractivity (Wildman–Crippen MR) is 70.8 cm³/mol. The van der Waals surface area contributed by atoms with Crippen molar-refractivity contribution < 1.29 is 8.42 Å². The molecule has 1 aromatic carbocycles. The van der Waals surface area contributed by atoms with Crippen molar-refractivity contribution in [1.82, 2.24) is 8.87 Å². The monoisotopic (exact) mass is 264 g/mol. The Kier molecular flexibility index (Phi) is 3.54. The van der Waals surface area contributed by atoms with Crippen LogP contribution < -0.4 is 0 Å². The van der Waals surface area contributed by atoms with Gasteiger partial charge in [0.25, 0.3) is 10.0 Å². The molecule has 0 aliphatic heterocycles. The Labute approximate surface area is 108 Å². The number of rotatable bonds is 4. The van der Waals surface area contributed by atoms with E-state index in [9.17, 15) is 8.42 Å². The molecule has 18 heavy (non-hydrogen) atoms. The van der Waals surface area contributed by atoms with Crippen LogP contribution in [0.25, 0.3) is 0 Å². The fourth-order valence-electron chi connectivity index (χ4n) is 1.82. The summed E-state index contributed by atoms with van der Waals surface area (Å²) in [6.45, 7) is 0.594. The van der Waals surface area contributed by atoms with E-state index >= 15 is 0 Å². The molecule has 0 amide bonds. The molecule has 1 aromatic heterocycles. The second-order valence-electron chi connectivity index (χ2n) is 4.36. The van der Waals surface area contributed by atoms with Crippen molar-refractivity contribution in [2.75, 3.05) is 14.1 Å². The Morgan fingerprint density at radius 1 is 1.06 bits per heavy atom. The molecule has 0 radical (unpaired) electrons. The molecule has 0 spiro atoms. The Morgan fingerprint density at radius 3 is 2.28 bits per heavy atom. The molecule has 0 N–H and O–H groups in total. The molecular formula is C13H16N2O2S. The van der Waals surface area contributed by atoms with E-state index in [1.807, 2.05) is 31.1 Å². The molecule has 0 fully saturated rings. The van der Waals surface area contributed by atoms with E-state index in [0.29, 0.717) is 11.4 Å². The van der Waals surface area contributed by atoms with Gasteiger partial charge in [0.2, 0.25) is 0 Å². The lowest BCUT2D eigenvalue weighted by Gasteiger charge is -2.14. The van der Waals surface area contributed by atoms with Crippen LogP contribution in [0.5, 0.6) is 0 Å². The summed E-state index contributed by atoms with van der Waals surface area (Å²) in [6, 6.07) is 10.5. The Hall–Kier alpha value is -1.59. The van der Waals surface area contributed by atoms with Gasteiger partial charge in [-0.2, -0.15) is 0 Å². The van der Waals surface area contributed by atoms with Gasteiger partial charge in [-0.1, -0.05) is 18.2 Å². The van der Waals surface area contributed by atoms with Gasteiger partial charge in [0.05, 0.1) is 4.90 Å². The second-order valence-corrected chi connectivity index (χ2v) is 6.18. The van der Waals surface area contributed by atoms with Crippen molar-refractivity contribution in [3.05, 3.63) is 54.4 Å². The maximum atomic E-state index is 12.4. The molecule has 0 aliphatic carbocycles. The average Bonchev–Trinajstić information content (AvgIpc) is 2.82. The summed E-state index contributed by atoms with van der Waals surface area (Å²) in [5.74, 6) is 0. The summed E-state index contributed by atoms with van der Waals surface area (Å²) in [5.41, 5.74) is 0.802. The van der Waals surface area contributed by atoms with Gasteiger partial charge in [-0.05, 0) is 37.9 Å².